The quantitative estimate of drug-likeness (QED) is 0.315. The minimum absolute atomic E-state index is 0. The Kier molecular flexibility index (Phi) is 8.67. The Hall–Kier alpha value is -1.44. The van der Waals surface area contributed by atoms with E-state index >= 15 is 0 Å². The van der Waals surface area contributed by atoms with Crippen LogP contribution in [0.15, 0.2) is 60.7 Å². The number of esters is 1. The first-order chi connectivity index (χ1) is 13.4. The lowest BCUT2D eigenvalue weighted by Crippen LogP contribution is -3.00. The molecule has 29 heavy (non-hydrogen) atoms. The molecule has 0 aromatic heterocycles. The molecule has 0 radical (unpaired) electrons. The second-order valence-corrected chi connectivity index (χ2v) is 8.63. The minimum atomic E-state index is -0.324. The van der Waals surface area contributed by atoms with Crippen molar-refractivity contribution in [3.05, 3.63) is 71.8 Å². The van der Waals surface area contributed by atoms with Crippen LogP contribution >= 0.6 is 0 Å². The predicted octanol–water partition coefficient (Wildman–Crippen LogP) is 0.795. The number of piperidine rings is 1. The monoisotopic (exact) mass is 509 g/mol. The molecule has 4 nitrogen and oxygen atoms in total. The Bertz CT molecular complexity index is 715. The van der Waals surface area contributed by atoms with Gasteiger partial charge in [0.05, 0.1) is 33.8 Å². The number of carbonyl (C=O) groups is 1. The summed E-state index contributed by atoms with van der Waals surface area (Å²) in [7, 11) is 4.43. The standard InChI is InChI=1S/C24H32NO3.HI/c1-24(20-10-6-4-7-11-20,21-12-8-5-9-13-21)19-27-18-23(26)28-22-14-16-25(2,3)17-15-22;/h4-13,22H,14-19H2,1-3H3;1H/q+1;/p-1. The number of nitrogens with zero attached hydrogens (tertiary/aromatic N) is 1. The molecule has 1 fully saturated rings. The van der Waals surface area contributed by atoms with Crippen molar-refractivity contribution in [1.82, 2.24) is 0 Å². The average molecular weight is 509 g/mol. The van der Waals surface area contributed by atoms with Crippen LogP contribution in [0.2, 0.25) is 0 Å². The van der Waals surface area contributed by atoms with Gasteiger partial charge in [0.1, 0.15) is 12.7 Å². The number of hydrogen-bond donors (Lipinski definition) is 0. The molecule has 0 spiro atoms. The third-order valence-corrected chi connectivity index (χ3v) is 5.84. The summed E-state index contributed by atoms with van der Waals surface area (Å²) in [6, 6.07) is 20.6. The third kappa shape index (κ3) is 6.52. The maximum Gasteiger partial charge on any atom is 0.332 e. The molecule has 0 aliphatic carbocycles. The molecule has 0 atom stereocenters. The van der Waals surface area contributed by atoms with E-state index in [1.54, 1.807) is 0 Å². The van der Waals surface area contributed by atoms with E-state index < -0.39 is 0 Å². The van der Waals surface area contributed by atoms with E-state index in [1.807, 2.05) is 36.4 Å². The van der Waals surface area contributed by atoms with Crippen molar-refractivity contribution < 1.29 is 42.7 Å². The number of halogens is 1. The highest BCUT2D eigenvalue weighted by Crippen LogP contribution is 2.32. The van der Waals surface area contributed by atoms with E-state index in [2.05, 4.69) is 45.3 Å². The second kappa shape index (κ2) is 10.5. The fourth-order valence-corrected chi connectivity index (χ4v) is 3.86. The summed E-state index contributed by atoms with van der Waals surface area (Å²) in [6.45, 7) is 4.65. The van der Waals surface area contributed by atoms with Gasteiger partial charge in [-0.05, 0) is 18.1 Å². The molecule has 2 aromatic carbocycles. The van der Waals surface area contributed by atoms with E-state index in [9.17, 15) is 4.79 Å². The first-order valence-electron chi connectivity index (χ1n) is 10.1. The Labute approximate surface area is 191 Å². The topological polar surface area (TPSA) is 35.5 Å². The highest BCUT2D eigenvalue weighted by atomic mass is 127. The van der Waals surface area contributed by atoms with Crippen molar-refractivity contribution in [2.45, 2.75) is 31.3 Å². The molecular weight excluding hydrogens is 477 g/mol. The van der Waals surface area contributed by atoms with Crippen molar-refractivity contribution in [3.8, 4) is 0 Å². The van der Waals surface area contributed by atoms with Crippen molar-refractivity contribution in [3.63, 3.8) is 0 Å². The maximum absolute atomic E-state index is 12.3. The first kappa shape index (κ1) is 23.8. The molecule has 158 valence electrons. The van der Waals surface area contributed by atoms with Crippen LogP contribution in [0.1, 0.15) is 30.9 Å². The SMILES string of the molecule is CC(COCC(=O)OC1CC[N+](C)(C)CC1)(c1ccccc1)c1ccccc1.[I-]. The fourth-order valence-electron chi connectivity index (χ4n) is 3.86. The van der Waals surface area contributed by atoms with Crippen molar-refractivity contribution in [1.29, 1.82) is 0 Å². The van der Waals surface area contributed by atoms with Crippen LogP contribution < -0.4 is 24.0 Å². The van der Waals surface area contributed by atoms with Crippen molar-refractivity contribution in [2.75, 3.05) is 40.4 Å². The first-order valence-corrected chi connectivity index (χ1v) is 10.1. The Morgan fingerprint density at radius 2 is 1.45 bits per heavy atom. The van der Waals surface area contributed by atoms with Gasteiger partial charge in [-0.1, -0.05) is 60.7 Å². The van der Waals surface area contributed by atoms with E-state index in [0.29, 0.717) is 6.61 Å². The van der Waals surface area contributed by atoms with Gasteiger partial charge in [-0.15, -0.1) is 0 Å². The summed E-state index contributed by atoms with van der Waals surface area (Å²) in [5, 5.41) is 0. The molecule has 5 heteroatoms. The normalized spacial score (nSPS) is 16.7. The summed E-state index contributed by atoms with van der Waals surface area (Å²) in [6.07, 6.45) is 1.87. The Balaban J connectivity index is 0.00000300. The van der Waals surface area contributed by atoms with Crippen molar-refractivity contribution in [2.24, 2.45) is 0 Å². The molecule has 3 rings (SSSR count). The molecule has 2 aromatic rings. The number of hydrogen-bond acceptors (Lipinski definition) is 3. The van der Waals surface area contributed by atoms with E-state index in [-0.39, 0.29) is 48.1 Å². The Morgan fingerprint density at radius 3 is 1.93 bits per heavy atom. The fraction of sp³-hybridized carbons (Fsp3) is 0.458. The van der Waals surface area contributed by atoms with Gasteiger partial charge in [-0.25, -0.2) is 4.79 Å². The molecule has 1 aliphatic heterocycles. The van der Waals surface area contributed by atoms with Gasteiger partial charge < -0.3 is 37.9 Å². The molecule has 0 unspecified atom stereocenters. The number of likely N-dealkylation sites (tertiary alicyclic amines) is 1. The van der Waals surface area contributed by atoms with E-state index in [0.717, 1.165) is 30.4 Å². The maximum atomic E-state index is 12.3. The lowest BCUT2D eigenvalue weighted by molar-refractivity contribution is -0.896. The predicted molar refractivity (Wildman–Crippen MR) is 111 cm³/mol. The second-order valence-electron chi connectivity index (χ2n) is 8.63. The molecule has 0 N–H and O–H groups in total. The van der Waals surface area contributed by atoms with Gasteiger partial charge in [0.2, 0.25) is 0 Å². The molecule has 1 saturated heterocycles. The molecule has 1 heterocycles. The Morgan fingerprint density at radius 1 is 0.966 bits per heavy atom. The highest BCUT2D eigenvalue weighted by Gasteiger charge is 2.31. The lowest BCUT2D eigenvalue weighted by Gasteiger charge is -2.36. The molecular formula is C24H32INO3. The number of carbonyl (C=O) groups excluding carboxylic acids is 1. The molecule has 1 aliphatic rings. The van der Waals surface area contributed by atoms with Crippen LogP contribution in [-0.2, 0) is 19.7 Å². The van der Waals surface area contributed by atoms with E-state index in [1.165, 1.54) is 11.1 Å². The minimum Gasteiger partial charge on any atom is -1.00 e. The number of rotatable bonds is 7. The largest absolute Gasteiger partial charge is 1.00 e. The summed E-state index contributed by atoms with van der Waals surface area (Å²) >= 11 is 0. The van der Waals surface area contributed by atoms with Gasteiger partial charge in [-0.2, -0.15) is 0 Å². The van der Waals surface area contributed by atoms with Crippen LogP contribution in [0, 0.1) is 0 Å². The van der Waals surface area contributed by atoms with Crippen LogP contribution in [0.3, 0.4) is 0 Å². The van der Waals surface area contributed by atoms with Gasteiger partial charge in [0.25, 0.3) is 0 Å². The molecule has 0 saturated carbocycles. The zero-order valence-corrected chi connectivity index (χ0v) is 19.8. The summed E-state index contributed by atoms with van der Waals surface area (Å²) in [5.41, 5.74) is 2.01. The van der Waals surface area contributed by atoms with Gasteiger partial charge in [-0.3, -0.25) is 0 Å². The smallest absolute Gasteiger partial charge is 0.332 e. The van der Waals surface area contributed by atoms with Gasteiger partial charge >= 0.3 is 5.97 Å². The lowest BCUT2D eigenvalue weighted by atomic mass is 9.77. The number of benzene rings is 2. The van der Waals surface area contributed by atoms with Gasteiger partial charge in [0.15, 0.2) is 0 Å². The molecule has 0 amide bonds. The third-order valence-electron chi connectivity index (χ3n) is 5.84. The average Bonchev–Trinajstić information content (AvgIpc) is 2.71. The summed E-state index contributed by atoms with van der Waals surface area (Å²) in [5.74, 6) is -0.263. The number of quaternary nitrogens is 1. The zero-order chi connectivity index (χ0) is 20.0. The zero-order valence-electron chi connectivity index (χ0n) is 17.6. The van der Waals surface area contributed by atoms with Crippen molar-refractivity contribution >= 4 is 5.97 Å². The highest BCUT2D eigenvalue weighted by molar-refractivity contribution is 5.70. The summed E-state index contributed by atoms with van der Waals surface area (Å²) < 4.78 is 12.5. The number of ether oxygens (including phenoxy) is 2. The van der Waals surface area contributed by atoms with Crippen LogP contribution in [0.4, 0.5) is 0 Å². The van der Waals surface area contributed by atoms with E-state index in [4.69, 9.17) is 9.47 Å². The molecule has 0 bridgehead atoms. The van der Waals surface area contributed by atoms with Crippen LogP contribution in [-0.4, -0.2) is 57.0 Å². The van der Waals surface area contributed by atoms with Crippen LogP contribution in [0.25, 0.3) is 0 Å². The summed E-state index contributed by atoms with van der Waals surface area (Å²) in [4.78, 5) is 12.3. The van der Waals surface area contributed by atoms with Crippen LogP contribution in [0.5, 0.6) is 0 Å². The van der Waals surface area contributed by atoms with Gasteiger partial charge in [0, 0.05) is 18.3 Å².